The number of rotatable bonds is 13. The number of hydrogen-bond donors (Lipinski definition) is 2. The molecule has 0 amide bonds. The van der Waals surface area contributed by atoms with E-state index in [-0.39, 0.29) is 42.7 Å². The first-order valence-electron chi connectivity index (χ1n) is 9.85. The second-order valence-corrected chi connectivity index (χ2v) is 11.6. The summed E-state index contributed by atoms with van der Waals surface area (Å²) in [5.41, 5.74) is 3.42. The number of benzene rings is 2. The fourth-order valence-electron chi connectivity index (χ4n) is 2.48. The quantitative estimate of drug-likeness (QED) is 0.0260. The number of esters is 1. The van der Waals surface area contributed by atoms with Crippen LogP contribution in [0, 0.1) is 0 Å². The Kier molecular flexibility index (Phi) is 9.01. The molecule has 0 spiro atoms. The molecule has 2 N–H and O–H groups in total. The Bertz CT molecular complexity index is 829. The molecule has 2 aliphatic rings. The SMILES string of the molecule is O=C(Oc1ccc(ONC[I-]CC2CO2)cc1)c1ccc(ON[I-]CC2CCO2)cc1. The van der Waals surface area contributed by atoms with Crippen molar-refractivity contribution in [1.29, 1.82) is 0 Å². The third kappa shape index (κ3) is 8.02. The summed E-state index contributed by atoms with van der Waals surface area (Å²) in [5.74, 6) is 1.37. The van der Waals surface area contributed by atoms with Crippen molar-refractivity contribution in [3.05, 3.63) is 54.1 Å². The van der Waals surface area contributed by atoms with Crippen molar-refractivity contribution in [2.24, 2.45) is 0 Å². The average Bonchev–Trinajstić information content (AvgIpc) is 3.58. The molecule has 2 aliphatic heterocycles. The summed E-state index contributed by atoms with van der Waals surface area (Å²) in [5, 5.41) is 0. The summed E-state index contributed by atoms with van der Waals surface area (Å²) >= 11 is -0.219. The van der Waals surface area contributed by atoms with Gasteiger partial charge in [-0.1, -0.05) is 0 Å². The van der Waals surface area contributed by atoms with E-state index in [9.17, 15) is 4.79 Å². The fraction of sp³-hybridized carbons (Fsp3) is 0.381. The maximum absolute atomic E-state index is 12.4. The second kappa shape index (κ2) is 12.2. The normalized spacial score (nSPS) is 19.6. The zero-order valence-electron chi connectivity index (χ0n) is 16.7. The summed E-state index contributed by atoms with van der Waals surface area (Å²) in [7, 11) is 0. The van der Waals surface area contributed by atoms with Gasteiger partial charge >= 0.3 is 203 Å². The molecular formula is C21H24I2N2O6-2. The molecule has 0 aliphatic carbocycles. The first-order valence-corrected chi connectivity index (χ1v) is 15.5. The van der Waals surface area contributed by atoms with Crippen LogP contribution in [-0.2, 0) is 9.47 Å². The standard InChI is InChI=1S/C21H24I2N2O6/c26-21(15-1-3-18(4-2-15)31-25-23-12-19-9-10-27-19)29-16-5-7-17(8-6-16)30-24-14-22-11-20-13-28-20/h1-8,19-20,24-25H,9-14H2/q-2. The average molecular weight is 654 g/mol. The van der Waals surface area contributed by atoms with Crippen molar-refractivity contribution in [3.63, 3.8) is 0 Å². The van der Waals surface area contributed by atoms with Gasteiger partial charge in [0.1, 0.15) is 0 Å². The zero-order valence-corrected chi connectivity index (χ0v) is 21.0. The molecule has 10 heteroatoms. The molecule has 0 saturated carbocycles. The van der Waals surface area contributed by atoms with Crippen LogP contribution in [0.25, 0.3) is 0 Å². The summed E-state index contributed by atoms with van der Waals surface area (Å²) in [6.07, 6.45) is 2.02. The van der Waals surface area contributed by atoms with Crippen molar-refractivity contribution < 1.29 is 71.4 Å². The number of ether oxygens (including phenoxy) is 3. The molecule has 0 aromatic heterocycles. The van der Waals surface area contributed by atoms with Gasteiger partial charge in [0.05, 0.1) is 0 Å². The zero-order chi connectivity index (χ0) is 21.3. The van der Waals surface area contributed by atoms with Gasteiger partial charge in [0.15, 0.2) is 0 Å². The summed E-state index contributed by atoms with van der Waals surface area (Å²) in [6, 6.07) is 13.8. The van der Waals surface area contributed by atoms with Gasteiger partial charge in [0, 0.05) is 0 Å². The number of hydrogen-bond acceptors (Lipinski definition) is 8. The fourth-order valence-corrected chi connectivity index (χ4v) is 6.15. The minimum absolute atomic E-state index is 0.0484. The summed E-state index contributed by atoms with van der Waals surface area (Å²) in [6.45, 7) is 1.79. The van der Waals surface area contributed by atoms with Gasteiger partial charge < -0.3 is 0 Å². The molecule has 170 valence electrons. The molecule has 2 aromatic carbocycles. The molecule has 2 unspecified atom stereocenters. The van der Waals surface area contributed by atoms with Gasteiger partial charge in [-0.25, -0.2) is 0 Å². The van der Waals surface area contributed by atoms with Crippen LogP contribution < -0.4 is 66.3 Å². The van der Waals surface area contributed by atoms with E-state index in [1.165, 1.54) is 0 Å². The molecule has 2 aromatic rings. The number of alkyl halides is 3. The monoisotopic (exact) mass is 654 g/mol. The van der Waals surface area contributed by atoms with Crippen LogP contribution >= 0.6 is 0 Å². The van der Waals surface area contributed by atoms with Crippen molar-refractivity contribution in [2.75, 3.05) is 26.6 Å². The molecule has 31 heavy (non-hydrogen) atoms. The summed E-state index contributed by atoms with van der Waals surface area (Å²) in [4.78, 5) is 23.4. The molecule has 4 rings (SSSR count). The Morgan fingerprint density at radius 2 is 1.61 bits per heavy atom. The number of carbonyl (C=O) groups is 1. The Hall–Kier alpha value is -1.19. The Labute approximate surface area is 202 Å². The van der Waals surface area contributed by atoms with E-state index < -0.39 is 5.97 Å². The number of carbonyl (C=O) groups excluding carboxylic acids is 1. The third-order valence-electron chi connectivity index (χ3n) is 4.40. The first-order chi connectivity index (χ1) is 15.3. The van der Waals surface area contributed by atoms with Gasteiger partial charge in [-0.2, -0.15) is 0 Å². The number of nitrogens with one attached hydrogen (secondary N) is 2. The van der Waals surface area contributed by atoms with Gasteiger partial charge in [0.2, 0.25) is 0 Å². The number of halogens is 2. The molecule has 8 nitrogen and oxygen atoms in total. The van der Waals surface area contributed by atoms with Gasteiger partial charge in [-0.15, -0.1) is 0 Å². The van der Waals surface area contributed by atoms with E-state index in [1.54, 1.807) is 48.5 Å². The van der Waals surface area contributed by atoms with Crippen molar-refractivity contribution in [3.8, 4) is 17.2 Å². The Morgan fingerprint density at radius 3 is 2.29 bits per heavy atom. The minimum atomic E-state index is -0.423. The maximum atomic E-state index is 12.4. The van der Waals surface area contributed by atoms with E-state index >= 15 is 0 Å². The number of epoxide rings is 1. The predicted octanol–water partition coefficient (Wildman–Crippen LogP) is -4.09. The number of hydroxylamine groups is 1. The molecule has 0 bridgehead atoms. The van der Waals surface area contributed by atoms with Gasteiger partial charge in [-0.3, -0.25) is 0 Å². The van der Waals surface area contributed by atoms with Crippen LogP contribution in [-0.4, -0.2) is 44.8 Å². The Morgan fingerprint density at radius 1 is 0.935 bits per heavy atom. The van der Waals surface area contributed by atoms with Gasteiger partial charge in [-0.05, 0) is 0 Å². The van der Waals surface area contributed by atoms with E-state index in [0.717, 1.165) is 33.0 Å². The Balaban J connectivity index is 1.15. The van der Waals surface area contributed by atoms with Crippen molar-refractivity contribution in [2.45, 2.75) is 18.6 Å². The van der Waals surface area contributed by atoms with Crippen LogP contribution in [0.3, 0.4) is 0 Å². The molecule has 2 atom stereocenters. The molecular weight excluding hydrogens is 630 g/mol. The van der Waals surface area contributed by atoms with Crippen LogP contribution in [0.2, 0.25) is 0 Å². The van der Waals surface area contributed by atoms with E-state index in [2.05, 4.69) is 9.17 Å². The van der Waals surface area contributed by atoms with Crippen LogP contribution in [0.15, 0.2) is 48.5 Å². The van der Waals surface area contributed by atoms with Crippen molar-refractivity contribution >= 4 is 5.97 Å². The van der Waals surface area contributed by atoms with Crippen LogP contribution in [0.1, 0.15) is 16.8 Å². The topological polar surface area (TPSA) is 90.6 Å². The molecule has 0 radical (unpaired) electrons. The van der Waals surface area contributed by atoms with E-state index in [0.29, 0.717) is 35.0 Å². The van der Waals surface area contributed by atoms with Crippen LogP contribution in [0.4, 0.5) is 0 Å². The molecule has 2 saturated heterocycles. The van der Waals surface area contributed by atoms with Crippen LogP contribution in [0.5, 0.6) is 17.2 Å². The van der Waals surface area contributed by atoms with Gasteiger partial charge in [0.25, 0.3) is 0 Å². The third-order valence-corrected chi connectivity index (χ3v) is 8.81. The molecule has 2 fully saturated rings. The molecule has 2 heterocycles. The predicted molar refractivity (Wildman–Crippen MR) is 104 cm³/mol. The first kappa shape index (κ1) is 23.0. The second-order valence-electron chi connectivity index (χ2n) is 6.81. The van der Waals surface area contributed by atoms with E-state index in [4.69, 9.17) is 23.9 Å². The van der Waals surface area contributed by atoms with E-state index in [1.807, 2.05) is 0 Å². The van der Waals surface area contributed by atoms with Crippen molar-refractivity contribution in [1.82, 2.24) is 9.17 Å². The summed E-state index contributed by atoms with van der Waals surface area (Å²) < 4.78 is 22.1.